The summed E-state index contributed by atoms with van der Waals surface area (Å²) in [6, 6.07) is 5.12. The maximum Gasteiger partial charge on any atom is 0.265 e. The quantitative estimate of drug-likeness (QED) is 0.644. The fourth-order valence-electron chi connectivity index (χ4n) is 2.19. The molecule has 130 valence electrons. The highest BCUT2D eigenvalue weighted by atomic mass is 32.2. The number of carbonyl (C=O) groups excluding carboxylic acids is 1. The summed E-state index contributed by atoms with van der Waals surface area (Å²) in [4.78, 5) is 17.4. The van der Waals surface area contributed by atoms with Gasteiger partial charge < -0.3 is 20.6 Å². The van der Waals surface area contributed by atoms with Crippen molar-refractivity contribution in [3.63, 3.8) is 0 Å². The summed E-state index contributed by atoms with van der Waals surface area (Å²) in [6.45, 7) is 0. The maximum atomic E-state index is 14.3. The molecule has 0 saturated heterocycles. The van der Waals surface area contributed by atoms with Crippen molar-refractivity contribution in [2.45, 2.75) is 5.03 Å². The van der Waals surface area contributed by atoms with Gasteiger partial charge in [-0.2, -0.15) is 4.39 Å². The average Bonchev–Trinajstić information content (AvgIpc) is 2.96. The molecule has 1 aromatic carbocycles. The van der Waals surface area contributed by atoms with Crippen LogP contribution in [0.1, 0.15) is 10.5 Å². The summed E-state index contributed by atoms with van der Waals surface area (Å²) >= 11 is 0. The molecule has 4 N–H and O–H groups in total. The number of amides is 1. The van der Waals surface area contributed by atoms with E-state index >= 15 is 0 Å². The lowest BCUT2D eigenvalue weighted by atomic mass is 10.2. The Bertz CT molecular complexity index is 1090. The Morgan fingerprint density at radius 1 is 1.36 bits per heavy atom. The van der Waals surface area contributed by atoms with Gasteiger partial charge in [-0.3, -0.25) is 4.79 Å². The summed E-state index contributed by atoms with van der Waals surface area (Å²) < 4.78 is 42.3. The van der Waals surface area contributed by atoms with Crippen molar-refractivity contribution in [1.82, 2.24) is 9.97 Å². The zero-order valence-electron chi connectivity index (χ0n) is 12.8. The van der Waals surface area contributed by atoms with Crippen LogP contribution in [0.25, 0.3) is 10.9 Å². The van der Waals surface area contributed by atoms with E-state index in [2.05, 4.69) is 9.97 Å². The number of phenols is 1. The highest BCUT2D eigenvalue weighted by molar-refractivity contribution is 7.90. The van der Waals surface area contributed by atoms with Gasteiger partial charge >= 0.3 is 0 Å². The fourth-order valence-corrected chi connectivity index (χ4v) is 2.75. The Morgan fingerprint density at radius 3 is 2.64 bits per heavy atom. The number of nitrogens with one attached hydrogen (secondary N) is 1. The molecule has 3 aromatic rings. The monoisotopic (exact) mass is 365 g/mol. The van der Waals surface area contributed by atoms with E-state index in [4.69, 9.17) is 10.5 Å². The first-order valence-electron chi connectivity index (χ1n) is 6.85. The number of aromatic nitrogens is 2. The van der Waals surface area contributed by atoms with Crippen molar-refractivity contribution in [2.24, 2.45) is 5.73 Å². The minimum absolute atomic E-state index is 0.000946. The Kier molecular flexibility index (Phi) is 3.84. The summed E-state index contributed by atoms with van der Waals surface area (Å²) in [7, 11) is -3.47. The number of sulfone groups is 1. The molecule has 8 nitrogen and oxygen atoms in total. The number of hydrogen-bond donors (Lipinski definition) is 3. The summed E-state index contributed by atoms with van der Waals surface area (Å²) in [5, 5.41) is 10.1. The molecule has 0 saturated carbocycles. The van der Waals surface area contributed by atoms with Gasteiger partial charge in [0, 0.05) is 11.6 Å². The summed E-state index contributed by atoms with van der Waals surface area (Å²) in [6.07, 6.45) is 2.12. The number of benzene rings is 1. The molecule has 10 heteroatoms. The molecule has 0 bridgehead atoms. The summed E-state index contributed by atoms with van der Waals surface area (Å²) in [5.74, 6) is -2.82. The van der Waals surface area contributed by atoms with Gasteiger partial charge in [0.1, 0.15) is 11.4 Å². The highest BCUT2D eigenvalue weighted by Crippen LogP contribution is 2.36. The normalized spacial score (nSPS) is 11.6. The average molecular weight is 365 g/mol. The van der Waals surface area contributed by atoms with E-state index in [1.165, 1.54) is 24.3 Å². The van der Waals surface area contributed by atoms with Crippen LogP contribution >= 0.6 is 0 Å². The van der Waals surface area contributed by atoms with Crippen LogP contribution in [0.15, 0.2) is 35.5 Å². The second-order valence-corrected chi connectivity index (χ2v) is 7.22. The topological polar surface area (TPSA) is 135 Å². The minimum atomic E-state index is -3.47. The second-order valence-electron chi connectivity index (χ2n) is 5.26. The molecule has 0 fully saturated rings. The zero-order chi connectivity index (χ0) is 18.4. The lowest BCUT2D eigenvalue weighted by Crippen LogP contribution is -2.10. The third-order valence-electron chi connectivity index (χ3n) is 3.38. The number of H-pyrrole nitrogens is 1. The molecule has 0 unspecified atom stereocenters. The fraction of sp³-hybridized carbons (Fsp3) is 0.0667. The Hall–Kier alpha value is -3.14. The number of aromatic amines is 1. The van der Waals surface area contributed by atoms with Crippen LogP contribution in [0.3, 0.4) is 0 Å². The van der Waals surface area contributed by atoms with Crippen molar-refractivity contribution in [2.75, 3.05) is 6.26 Å². The largest absolute Gasteiger partial charge is 0.503 e. The van der Waals surface area contributed by atoms with Gasteiger partial charge in [-0.1, -0.05) is 0 Å². The number of pyridine rings is 1. The Balaban J connectivity index is 2.01. The Morgan fingerprint density at radius 2 is 2.08 bits per heavy atom. The molecular formula is C15H12FN3O5S. The molecule has 2 aromatic heterocycles. The number of hydrogen-bond acceptors (Lipinski definition) is 6. The number of fused-ring (bicyclic) bond motifs is 1. The number of nitrogens with zero attached hydrogens (tertiary/aromatic N) is 1. The van der Waals surface area contributed by atoms with E-state index in [9.17, 15) is 22.7 Å². The van der Waals surface area contributed by atoms with Crippen LogP contribution in [-0.4, -0.2) is 35.7 Å². The van der Waals surface area contributed by atoms with Gasteiger partial charge in [0.25, 0.3) is 5.91 Å². The molecule has 0 aliphatic heterocycles. The van der Waals surface area contributed by atoms with E-state index < -0.39 is 27.3 Å². The van der Waals surface area contributed by atoms with E-state index in [1.54, 1.807) is 0 Å². The van der Waals surface area contributed by atoms with Gasteiger partial charge in [0.05, 0.1) is 11.7 Å². The molecule has 25 heavy (non-hydrogen) atoms. The van der Waals surface area contributed by atoms with Gasteiger partial charge in [-0.05, 0) is 24.3 Å². The van der Waals surface area contributed by atoms with Gasteiger partial charge in [0.15, 0.2) is 26.4 Å². The smallest absolute Gasteiger partial charge is 0.265 e. The van der Waals surface area contributed by atoms with E-state index in [0.29, 0.717) is 5.39 Å². The van der Waals surface area contributed by atoms with Gasteiger partial charge in [-0.15, -0.1) is 0 Å². The SMILES string of the molecule is CS(=O)(=O)c1ccc(Oc2cc3cc(C(N)=O)[nH]c3c(O)c2F)cn1. The van der Waals surface area contributed by atoms with Crippen LogP contribution in [-0.2, 0) is 9.84 Å². The number of nitrogens with two attached hydrogens (primary N) is 1. The van der Waals surface area contributed by atoms with Crippen LogP contribution in [0.5, 0.6) is 17.2 Å². The van der Waals surface area contributed by atoms with Crippen molar-refractivity contribution in [3.8, 4) is 17.2 Å². The van der Waals surface area contributed by atoms with Crippen molar-refractivity contribution >= 4 is 26.6 Å². The van der Waals surface area contributed by atoms with Crippen molar-refractivity contribution in [3.05, 3.63) is 42.0 Å². The predicted molar refractivity (Wildman–Crippen MR) is 85.9 cm³/mol. The van der Waals surface area contributed by atoms with Crippen molar-refractivity contribution < 1.29 is 27.4 Å². The van der Waals surface area contributed by atoms with Gasteiger partial charge in [0.2, 0.25) is 5.82 Å². The standard InChI is InChI=1S/C15H12FN3O5S/c1-25(22,23)11-3-2-8(6-18-11)24-10-5-7-4-9(15(17)21)19-13(7)14(20)12(10)16/h2-6,19-20H,1H3,(H2,17,21). The number of halogens is 1. The number of ether oxygens (including phenoxy) is 1. The van der Waals surface area contributed by atoms with Crippen LogP contribution in [0.4, 0.5) is 4.39 Å². The van der Waals surface area contributed by atoms with Crippen LogP contribution in [0.2, 0.25) is 0 Å². The first-order chi connectivity index (χ1) is 11.7. The molecule has 0 spiro atoms. The van der Waals surface area contributed by atoms with E-state index in [0.717, 1.165) is 12.5 Å². The van der Waals surface area contributed by atoms with Crippen LogP contribution in [0, 0.1) is 5.82 Å². The maximum absolute atomic E-state index is 14.3. The third kappa shape index (κ3) is 3.11. The Labute approximate surface area is 141 Å². The predicted octanol–water partition coefficient (Wildman–Crippen LogP) is 1.70. The number of primary amides is 1. The number of rotatable bonds is 4. The number of phenolic OH excluding ortho intramolecular Hbond substituents is 1. The lowest BCUT2D eigenvalue weighted by Gasteiger charge is -2.08. The highest BCUT2D eigenvalue weighted by Gasteiger charge is 2.18. The van der Waals surface area contributed by atoms with E-state index in [1.807, 2.05) is 0 Å². The molecule has 0 radical (unpaired) electrons. The number of aromatic hydroxyl groups is 1. The molecular weight excluding hydrogens is 353 g/mol. The molecule has 0 atom stereocenters. The minimum Gasteiger partial charge on any atom is -0.503 e. The van der Waals surface area contributed by atoms with E-state index in [-0.39, 0.29) is 27.7 Å². The zero-order valence-corrected chi connectivity index (χ0v) is 13.6. The summed E-state index contributed by atoms with van der Waals surface area (Å²) in [5.41, 5.74) is 5.15. The van der Waals surface area contributed by atoms with Crippen molar-refractivity contribution in [1.29, 1.82) is 0 Å². The molecule has 1 amide bonds. The second kappa shape index (κ2) is 5.74. The number of carbonyl (C=O) groups is 1. The van der Waals surface area contributed by atoms with Crippen LogP contribution < -0.4 is 10.5 Å². The first-order valence-corrected chi connectivity index (χ1v) is 8.74. The third-order valence-corrected chi connectivity index (χ3v) is 4.38. The molecule has 3 rings (SSSR count). The first kappa shape index (κ1) is 16.7. The van der Waals surface area contributed by atoms with Gasteiger partial charge in [-0.25, -0.2) is 13.4 Å². The molecule has 0 aliphatic carbocycles. The molecule has 0 aliphatic rings. The lowest BCUT2D eigenvalue weighted by molar-refractivity contribution is 0.0996. The molecule has 2 heterocycles.